The van der Waals surface area contributed by atoms with Gasteiger partial charge in [0.15, 0.2) is 0 Å². The Morgan fingerprint density at radius 1 is 1.26 bits per heavy atom. The molecule has 31 heavy (non-hydrogen) atoms. The molecule has 164 valence electrons. The van der Waals surface area contributed by atoms with E-state index in [1.165, 1.54) is 22.2 Å². The second-order valence-corrected chi connectivity index (χ2v) is 8.66. The summed E-state index contributed by atoms with van der Waals surface area (Å²) < 4.78 is 6.50. The van der Waals surface area contributed by atoms with E-state index < -0.39 is 12.0 Å². The van der Waals surface area contributed by atoms with Crippen molar-refractivity contribution in [2.75, 3.05) is 11.9 Å². The Bertz CT molecular complexity index is 1200. The minimum Gasteiger partial charge on any atom is -0.464 e. The van der Waals surface area contributed by atoms with E-state index in [1.54, 1.807) is 13.8 Å². The van der Waals surface area contributed by atoms with Gasteiger partial charge >= 0.3 is 5.97 Å². The number of nitrogens with one attached hydrogen (secondary N) is 1. The molecule has 1 N–H and O–H groups in total. The summed E-state index contributed by atoms with van der Waals surface area (Å²) in [6, 6.07) is 4.99. The first-order chi connectivity index (χ1) is 14.7. The number of fused-ring (bicyclic) bond motifs is 1. The van der Waals surface area contributed by atoms with Gasteiger partial charge in [-0.1, -0.05) is 31.0 Å². The Morgan fingerprint density at radius 2 is 2.00 bits per heavy atom. The molecule has 0 radical (unpaired) electrons. The van der Waals surface area contributed by atoms with Crippen LogP contribution in [-0.2, 0) is 9.53 Å². The van der Waals surface area contributed by atoms with Crippen molar-refractivity contribution in [2.45, 2.75) is 53.5 Å². The fourth-order valence-corrected chi connectivity index (χ4v) is 4.35. The molecule has 0 fully saturated rings. The summed E-state index contributed by atoms with van der Waals surface area (Å²) in [4.78, 5) is 43.5. The SMILES string of the molecule is CCCCOC(=O)C(C)n1cnc2sc(C(=O)Nc3ccc(C)cc3C)c(C)c2c1=O. The lowest BCUT2D eigenvalue weighted by Crippen LogP contribution is -2.29. The number of nitrogens with zero attached hydrogens (tertiary/aromatic N) is 2. The van der Waals surface area contributed by atoms with Crippen LogP contribution in [0.2, 0.25) is 0 Å². The van der Waals surface area contributed by atoms with E-state index in [1.807, 2.05) is 39.0 Å². The lowest BCUT2D eigenvalue weighted by atomic mass is 10.1. The number of ether oxygens (including phenoxy) is 1. The first-order valence-electron chi connectivity index (χ1n) is 10.3. The van der Waals surface area contributed by atoms with Gasteiger partial charge in [0.1, 0.15) is 10.9 Å². The molecule has 0 aliphatic carbocycles. The number of hydrogen-bond donors (Lipinski definition) is 1. The fraction of sp³-hybridized carbons (Fsp3) is 0.391. The van der Waals surface area contributed by atoms with Crippen LogP contribution >= 0.6 is 11.3 Å². The van der Waals surface area contributed by atoms with Crippen LogP contribution in [0.15, 0.2) is 29.3 Å². The van der Waals surface area contributed by atoms with Gasteiger partial charge in [0.2, 0.25) is 0 Å². The van der Waals surface area contributed by atoms with Gasteiger partial charge in [-0.3, -0.25) is 14.2 Å². The first-order valence-corrected chi connectivity index (χ1v) is 11.1. The smallest absolute Gasteiger partial charge is 0.328 e. The van der Waals surface area contributed by atoms with Gasteiger partial charge in [-0.05, 0) is 51.3 Å². The topological polar surface area (TPSA) is 90.3 Å². The van der Waals surface area contributed by atoms with Gasteiger partial charge in [-0.25, -0.2) is 9.78 Å². The molecular weight excluding hydrogens is 414 g/mol. The van der Waals surface area contributed by atoms with Gasteiger partial charge in [-0.15, -0.1) is 11.3 Å². The standard InChI is InChI=1S/C23H27N3O4S/c1-6-7-10-30-23(29)16(5)26-12-24-21-18(22(26)28)15(4)19(31-21)20(27)25-17-9-8-13(2)11-14(17)3/h8-9,11-12,16H,6-7,10H2,1-5H3,(H,25,27). The van der Waals surface area contributed by atoms with Gasteiger partial charge in [0.05, 0.1) is 23.2 Å². The summed E-state index contributed by atoms with van der Waals surface area (Å²) >= 11 is 1.17. The highest BCUT2D eigenvalue weighted by Crippen LogP contribution is 2.28. The van der Waals surface area contributed by atoms with Crippen LogP contribution in [0.4, 0.5) is 5.69 Å². The lowest BCUT2D eigenvalue weighted by molar-refractivity contribution is -0.147. The van der Waals surface area contributed by atoms with Crippen molar-refractivity contribution in [1.29, 1.82) is 0 Å². The van der Waals surface area contributed by atoms with Crippen molar-refractivity contribution >= 4 is 39.1 Å². The quantitative estimate of drug-likeness (QED) is 0.429. The summed E-state index contributed by atoms with van der Waals surface area (Å²) in [6.45, 7) is 9.59. The second-order valence-electron chi connectivity index (χ2n) is 7.66. The number of esters is 1. The maximum atomic E-state index is 13.1. The molecule has 0 saturated carbocycles. The first kappa shape index (κ1) is 22.7. The Balaban J connectivity index is 1.91. The molecule has 1 unspecified atom stereocenters. The van der Waals surface area contributed by atoms with E-state index in [-0.39, 0.29) is 11.5 Å². The molecule has 3 aromatic rings. The molecule has 8 heteroatoms. The third kappa shape index (κ3) is 4.69. The number of aryl methyl sites for hydroxylation is 3. The van der Waals surface area contributed by atoms with Crippen LogP contribution in [0.3, 0.4) is 0 Å². The number of unbranched alkanes of at least 4 members (excludes halogenated alkanes) is 1. The number of thiophene rings is 1. The lowest BCUT2D eigenvalue weighted by Gasteiger charge is -2.14. The number of carbonyl (C=O) groups is 2. The van der Waals surface area contributed by atoms with Gasteiger partial charge in [0.25, 0.3) is 11.5 Å². The maximum Gasteiger partial charge on any atom is 0.328 e. The fourth-order valence-electron chi connectivity index (χ4n) is 3.31. The van der Waals surface area contributed by atoms with Crippen LogP contribution in [0.25, 0.3) is 10.2 Å². The van der Waals surface area contributed by atoms with Crippen LogP contribution in [0, 0.1) is 20.8 Å². The molecule has 0 aliphatic heterocycles. The number of anilines is 1. The number of rotatable bonds is 7. The zero-order valence-corrected chi connectivity index (χ0v) is 19.3. The summed E-state index contributed by atoms with van der Waals surface area (Å²) in [5.41, 5.74) is 3.00. The summed E-state index contributed by atoms with van der Waals surface area (Å²) in [6.07, 6.45) is 3.03. The van der Waals surface area contributed by atoms with E-state index in [2.05, 4.69) is 10.3 Å². The van der Waals surface area contributed by atoms with E-state index in [4.69, 9.17) is 4.74 Å². The average Bonchev–Trinajstić information content (AvgIpc) is 3.07. The van der Waals surface area contributed by atoms with E-state index in [9.17, 15) is 14.4 Å². The van der Waals surface area contributed by atoms with E-state index in [0.717, 1.165) is 29.7 Å². The number of benzene rings is 1. The maximum absolute atomic E-state index is 13.1. The van der Waals surface area contributed by atoms with Crippen molar-refractivity contribution in [1.82, 2.24) is 9.55 Å². The molecule has 1 atom stereocenters. The Kier molecular flexibility index (Phi) is 6.90. The highest BCUT2D eigenvalue weighted by atomic mass is 32.1. The average molecular weight is 442 g/mol. The predicted octanol–water partition coefficient (Wildman–Crippen LogP) is 4.54. The molecule has 0 spiro atoms. The van der Waals surface area contributed by atoms with Crippen molar-refractivity contribution in [3.05, 3.63) is 56.4 Å². The van der Waals surface area contributed by atoms with E-state index >= 15 is 0 Å². The van der Waals surface area contributed by atoms with E-state index in [0.29, 0.717) is 27.3 Å². The van der Waals surface area contributed by atoms with Crippen LogP contribution < -0.4 is 10.9 Å². The van der Waals surface area contributed by atoms with Gasteiger partial charge in [0, 0.05) is 5.69 Å². The highest BCUT2D eigenvalue weighted by molar-refractivity contribution is 7.20. The monoisotopic (exact) mass is 441 g/mol. The molecule has 0 bridgehead atoms. The van der Waals surface area contributed by atoms with Crippen molar-refractivity contribution in [3.63, 3.8) is 0 Å². The molecular formula is C23H27N3O4S. The zero-order chi connectivity index (χ0) is 22.7. The number of hydrogen-bond acceptors (Lipinski definition) is 6. The number of carbonyl (C=O) groups excluding carboxylic acids is 2. The molecule has 2 aromatic heterocycles. The van der Waals surface area contributed by atoms with Crippen LogP contribution in [0.1, 0.15) is 59.1 Å². The van der Waals surface area contributed by atoms with Gasteiger partial charge < -0.3 is 10.1 Å². The summed E-state index contributed by atoms with van der Waals surface area (Å²) in [5, 5.41) is 3.27. The molecule has 1 amide bonds. The summed E-state index contributed by atoms with van der Waals surface area (Å²) in [7, 11) is 0. The molecule has 3 rings (SSSR count). The highest BCUT2D eigenvalue weighted by Gasteiger charge is 2.23. The molecule has 0 aliphatic rings. The van der Waals surface area contributed by atoms with Crippen LogP contribution in [-0.4, -0.2) is 28.0 Å². The molecule has 7 nitrogen and oxygen atoms in total. The minimum absolute atomic E-state index is 0.287. The van der Waals surface area contributed by atoms with Gasteiger partial charge in [-0.2, -0.15) is 0 Å². The molecule has 0 saturated heterocycles. The van der Waals surface area contributed by atoms with Crippen molar-refractivity contribution < 1.29 is 14.3 Å². The van der Waals surface area contributed by atoms with Crippen LogP contribution in [0.5, 0.6) is 0 Å². The van der Waals surface area contributed by atoms with Crippen molar-refractivity contribution in [3.8, 4) is 0 Å². The number of amides is 1. The predicted molar refractivity (Wildman–Crippen MR) is 123 cm³/mol. The molecule has 2 heterocycles. The third-order valence-corrected chi connectivity index (χ3v) is 6.41. The zero-order valence-electron chi connectivity index (χ0n) is 18.4. The van der Waals surface area contributed by atoms with Crippen molar-refractivity contribution in [2.24, 2.45) is 0 Å². The Hall–Kier alpha value is -3.00. The second kappa shape index (κ2) is 9.43. The number of aromatic nitrogens is 2. The summed E-state index contributed by atoms with van der Waals surface area (Å²) in [5.74, 6) is -0.761. The normalized spacial score (nSPS) is 12.0. The Labute approximate surface area is 185 Å². The minimum atomic E-state index is -0.798. The molecule has 1 aromatic carbocycles. The Morgan fingerprint density at radius 3 is 2.68 bits per heavy atom. The third-order valence-electron chi connectivity index (χ3n) is 5.21. The largest absolute Gasteiger partial charge is 0.464 e.